The summed E-state index contributed by atoms with van der Waals surface area (Å²) in [5.41, 5.74) is 3.05. The molecule has 4 heterocycles. The van der Waals surface area contributed by atoms with Crippen LogP contribution in [0.3, 0.4) is 0 Å². The van der Waals surface area contributed by atoms with E-state index in [4.69, 9.17) is 9.47 Å². The van der Waals surface area contributed by atoms with E-state index in [1.807, 2.05) is 28.8 Å². The fraction of sp³-hybridized carbons (Fsp3) is 0.400. The monoisotopic (exact) mass is 397 g/mol. The molecule has 0 fully saturated rings. The zero-order valence-electron chi connectivity index (χ0n) is 16.5. The Hall–Kier alpha value is -3.20. The molecule has 0 atom stereocenters. The first-order chi connectivity index (χ1) is 14.1. The van der Waals surface area contributed by atoms with Crippen molar-refractivity contribution >= 4 is 17.5 Å². The number of esters is 1. The van der Waals surface area contributed by atoms with Crippen LogP contribution < -0.4 is 0 Å². The van der Waals surface area contributed by atoms with Gasteiger partial charge < -0.3 is 18.8 Å². The van der Waals surface area contributed by atoms with E-state index in [1.165, 1.54) is 0 Å². The van der Waals surface area contributed by atoms with Gasteiger partial charge in [-0.3, -0.25) is 9.48 Å². The second-order valence-electron chi connectivity index (χ2n) is 6.78. The molecule has 3 aromatic heterocycles. The molecule has 29 heavy (non-hydrogen) atoms. The second kappa shape index (κ2) is 8.04. The fourth-order valence-electron chi connectivity index (χ4n) is 3.59. The molecule has 9 heteroatoms. The lowest BCUT2D eigenvalue weighted by Crippen LogP contribution is -2.37. The normalized spacial score (nSPS) is 13.5. The van der Waals surface area contributed by atoms with Crippen molar-refractivity contribution < 1.29 is 19.1 Å². The van der Waals surface area contributed by atoms with Gasteiger partial charge in [-0.1, -0.05) is 6.07 Å². The summed E-state index contributed by atoms with van der Waals surface area (Å²) in [5.74, 6) is -0.638. The molecule has 4 rings (SSSR count). The molecule has 0 saturated heterocycles. The van der Waals surface area contributed by atoms with Crippen LogP contribution in [0.4, 0.5) is 0 Å². The van der Waals surface area contributed by atoms with Gasteiger partial charge in [0.15, 0.2) is 5.69 Å². The van der Waals surface area contributed by atoms with E-state index in [2.05, 4.69) is 10.1 Å². The quantitative estimate of drug-likeness (QED) is 0.586. The van der Waals surface area contributed by atoms with Crippen LogP contribution in [-0.2, 0) is 29.0 Å². The number of carbonyl (C=O) groups is 2. The topological polar surface area (TPSA) is 91.0 Å². The lowest BCUT2D eigenvalue weighted by Gasteiger charge is -2.27. The van der Waals surface area contributed by atoms with Gasteiger partial charge in [0, 0.05) is 43.7 Å². The first-order valence-corrected chi connectivity index (χ1v) is 9.60. The third-order valence-corrected chi connectivity index (χ3v) is 4.98. The van der Waals surface area contributed by atoms with Crippen LogP contribution in [0.5, 0.6) is 0 Å². The van der Waals surface area contributed by atoms with Gasteiger partial charge in [0.2, 0.25) is 0 Å². The fourth-order valence-corrected chi connectivity index (χ4v) is 3.59. The Bertz CT molecular complexity index is 1020. The first kappa shape index (κ1) is 19.1. The zero-order valence-corrected chi connectivity index (χ0v) is 16.5. The highest BCUT2D eigenvalue weighted by atomic mass is 16.5. The molecule has 1 aliphatic rings. The van der Waals surface area contributed by atoms with E-state index >= 15 is 0 Å². The Morgan fingerprint density at radius 1 is 1.28 bits per heavy atom. The van der Waals surface area contributed by atoms with E-state index in [0.29, 0.717) is 44.0 Å². The number of amides is 1. The number of carbonyl (C=O) groups excluding carboxylic acids is 2. The first-order valence-electron chi connectivity index (χ1n) is 9.60. The molecular weight excluding hydrogens is 374 g/mol. The number of hydrogen-bond acceptors (Lipinski definition) is 6. The minimum Gasteiger partial charge on any atom is -0.461 e. The van der Waals surface area contributed by atoms with Gasteiger partial charge >= 0.3 is 5.97 Å². The number of hydrogen-bond donors (Lipinski definition) is 0. The predicted octanol–water partition coefficient (Wildman–Crippen LogP) is 1.55. The van der Waals surface area contributed by atoms with Crippen molar-refractivity contribution in [3.63, 3.8) is 0 Å². The van der Waals surface area contributed by atoms with E-state index in [0.717, 1.165) is 11.3 Å². The molecule has 0 aliphatic carbocycles. The average Bonchev–Trinajstić information content (AvgIpc) is 3.33. The smallest absolute Gasteiger partial charge is 0.359 e. The molecule has 0 aromatic carbocycles. The van der Waals surface area contributed by atoms with Crippen LogP contribution in [0.25, 0.3) is 5.65 Å². The highest BCUT2D eigenvalue weighted by Crippen LogP contribution is 2.25. The van der Waals surface area contributed by atoms with Gasteiger partial charge in [0.1, 0.15) is 11.3 Å². The lowest BCUT2D eigenvalue weighted by atomic mass is 10.0. The summed E-state index contributed by atoms with van der Waals surface area (Å²) < 4.78 is 13.9. The molecule has 0 bridgehead atoms. The van der Waals surface area contributed by atoms with Crippen LogP contribution in [0.15, 0.2) is 30.6 Å². The van der Waals surface area contributed by atoms with Crippen LogP contribution in [-0.4, -0.2) is 62.8 Å². The number of rotatable bonds is 6. The third kappa shape index (κ3) is 3.61. The Labute approximate surface area is 167 Å². The molecular formula is C20H23N5O4. The van der Waals surface area contributed by atoms with E-state index in [1.54, 1.807) is 29.8 Å². The predicted molar refractivity (Wildman–Crippen MR) is 104 cm³/mol. The SMILES string of the molecule is CCOC(=O)c1nn(CCOC)c2c1CN(C(=O)c1cn3ccccc3n1)CC2. The maximum atomic E-state index is 13.1. The standard InChI is InChI=1S/C20H23N5O4/c1-3-29-20(27)18-14-12-24(9-7-16(14)25(22-18)10-11-28-2)19(26)15-13-23-8-5-4-6-17(23)21-15/h4-6,8,13H,3,7,9-12H2,1-2H3. The highest BCUT2D eigenvalue weighted by Gasteiger charge is 2.31. The molecule has 3 aromatic rings. The molecule has 0 spiro atoms. The van der Waals surface area contributed by atoms with Gasteiger partial charge in [-0.05, 0) is 19.1 Å². The van der Waals surface area contributed by atoms with Gasteiger partial charge in [-0.15, -0.1) is 0 Å². The van der Waals surface area contributed by atoms with Crippen LogP contribution in [0.2, 0.25) is 0 Å². The Kier molecular flexibility index (Phi) is 5.30. The average molecular weight is 397 g/mol. The molecule has 0 N–H and O–H groups in total. The number of pyridine rings is 1. The number of nitrogens with zero attached hydrogens (tertiary/aromatic N) is 5. The van der Waals surface area contributed by atoms with Crippen molar-refractivity contribution in [2.45, 2.75) is 26.4 Å². The van der Waals surface area contributed by atoms with Gasteiger partial charge in [0.25, 0.3) is 5.91 Å². The summed E-state index contributed by atoms with van der Waals surface area (Å²) in [6, 6.07) is 5.61. The summed E-state index contributed by atoms with van der Waals surface area (Å²) >= 11 is 0. The molecule has 9 nitrogen and oxygen atoms in total. The minimum atomic E-state index is -0.470. The lowest BCUT2D eigenvalue weighted by molar-refractivity contribution is 0.0512. The number of imidazole rings is 1. The number of methoxy groups -OCH3 is 1. The third-order valence-electron chi connectivity index (χ3n) is 4.98. The van der Waals surface area contributed by atoms with Crippen molar-refractivity contribution in [2.75, 3.05) is 26.9 Å². The van der Waals surface area contributed by atoms with E-state index in [9.17, 15) is 9.59 Å². The number of ether oxygens (including phenoxy) is 2. The highest BCUT2D eigenvalue weighted by molar-refractivity contribution is 5.94. The van der Waals surface area contributed by atoms with Crippen molar-refractivity contribution in [3.05, 3.63) is 53.2 Å². The van der Waals surface area contributed by atoms with Crippen LogP contribution >= 0.6 is 0 Å². The number of fused-ring (bicyclic) bond motifs is 2. The summed E-state index contributed by atoms with van der Waals surface area (Å²) in [6.45, 7) is 3.87. The summed E-state index contributed by atoms with van der Waals surface area (Å²) in [5, 5.41) is 4.45. The van der Waals surface area contributed by atoms with Crippen molar-refractivity contribution in [2.24, 2.45) is 0 Å². The molecule has 0 radical (unpaired) electrons. The molecule has 1 aliphatic heterocycles. The second-order valence-corrected chi connectivity index (χ2v) is 6.78. The van der Waals surface area contributed by atoms with Gasteiger partial charge in [-0.2, -0.15) is 5.10 Å². The molecule has 0 saturated carbocycles. The summed E-state index contributed by atoms with van der Waals surface area (Å²) in [4.78, 5) is 31.6. The summed E-state index contributed by atoms with van der Waals surface area (Å²) in [6.07, 6.45) is 4.18. The van der Waals surface area contributed by atoms with Crippen molar-refractivity contribution in [1.29, 1.82) is 0 Å². The van der Waals surface area contributed by atoms with Crippen LogP contribution in [0, 0.1) is 0 Å². The molecule has 1 amide bonds. The Balaban J connectivity index is 1.63. The van der Waals surface area contributed by atoms with E-state index in [-0.39, 0.29) is 18.2 Å². The van der Waals surface area contributed by atoms with Crippen LogP contribution in [0.1, 0.15) is 39.2 Å². The maximum absolute atomic E-state index is 13.1. The number of aromatic nitrogens is 4. The minimum absolute atomic E-state index is 0.168. The molecule has 0 unspecified atom stereocenters. The summed E-state index contributed by atoms with van der Waals surface area (Å²) in [7, 11) is 1.62. The molecule has 152 valence electrons. The van der Waals surface area contributed by atoms with E-state index < -0.39 is 5.97 Å². The van der Waals surface area contributed by atoms with Gasteiger partial charge in [-0.25, -0.2) is 9.78 Å². The Morgan fingerprint density at radius 3 is 2.90 bits per heavy atom. The van der Waals surface area contributed by atoms with Crippen molar-refractivity contribution in [1.82, 2.24) is 24.1 Å². The Morgan fingerprint density at radius 2 is 2.14 bits per heavy atom. The maximum Gasteiger partial charge on any atom is 0.359 e. The zero-order chi connectivity index (χ0) is 20.4. The van der Waals surface area contributed by atoms with Gasteiger partial charge in [0.05, 0.1) is 26.3 Å². The largest absolute Gasteiger partial charge is 0.461 e. The van der Waals surface area contributed by atoms with Crippen molar-refractivity contribution in [3.8, 4) is 0 Å².